The number of carbonyl (C=O) groups excluding carboxylic acids is 1. The lowest BCUT2D eigenvalue weighted by Gasteiger charge is -2.32. The molecule has 0 spiro atoms. The number of hydrogen-bond acceptors (Lipinski definition) is 2. The Morgan fingerprint density at radius 2 is 2.11 bits per heavy atom. The van der Waals surface area contributed by atoms with Crippen molar-refractivity contribution >= 4 is 11.7 Å². The summed E-state index contributed by atoms with van der Waals surface area (Å²) in [5.74, 6) is 0. The molecule has 0 radical (unpaired) electrons. The minimum absolute atomic E-state index is 0.230. The summed E-state index contributed by atoms with van der Waals surface area (Å²) >= 11 is 0. The second-order valence-corrected chi connectivity index (χ2v) is 5.26. The van der Waals surface area contributed by atoms with Gasteiger partial charge in [0.25, 0.3) is 0 Å². The molecule has 0 heterocycles. The van der Waals surface area contributed by atoms with Gasteiger partial charge in [-0.15, -0.1) is 0 Å². The van der Waals surface area contributed by atoms with Crippen molar-refractivity contribution < 1.29 is 9.90 Å². The number of amides is 2. The summed E-state index contributed by atoms with van der Waals surface area (Å²) in [6.45, 7) is 3.92. The molecule has 0 aromatic heterocycles. The highest BCUT2D eigenvalue weighted by molar-refractivity contribution is 5.90. The van der Waals surface area contributed by atoms with Crippen LogP contribution in [0.3, 0.4) is 0 Å². The lowest BCUT2D eigenvalue weighted by Crippen LogP contribution is -2.34. The zero-order valence-electron chi connectivity index (χ0n) is 11.1. The summed E-state index contributed by atoms with van der Waals surface area (Å²) in [5.41, 5.74) is 3.67. The molecule has 0 aliphatic heterocycles. The molecule has 1 aromatic carbocycles. The Balaban J connectivity index is 2.40. The van der Waals surface area contributed by atoms with Gasteiger partial charge in [-0.05, 0) is 49.4 Å². The molecule has 1 atom stereocenters. The third-order valence-electron chi connectivity index (χ3n) is 3.61. The molecule has 1 aliphatic carbocycles. The summed E-state index contributed by atoms with van der Waals surface area (Å²) in [5, 5.41) is 15.6. The van der Waals surface area contributed by atoms with Crippen LogP contribution in [0.1, 0.15) is 30.0 Å². The smallest absolute Gasteiger partial charge is 0.318 e. The molecule has 3 N–H and O–H groups in total. The number of rotatable bonds is 1. The van der Waals surface area contributed by atoms with Crippen LogP contribution in [0.25, 0.3) is 0 Å². The Kier molecular flexibility index (Phi) is 3.30. The molecule has 2 rings (SSSR count). The van der Waals surface area contributed by atoms with E-state index in [4.69, 9.17) is 0 Å². The summed E-state index contributed by atoms with van der Waals surface area (Å²) in [7, 11) is 1.59. The average Bonchev–Trinajstić information content (AvgIpc) is 2.31. The first kappa shape index (κ1) is 12.9. The van der Waals surface area contributed by atoms with Gasteiger partial charge >= 0.3 is 6.03 Å². The fourth-order valence-electron chi connectivity index (χ4n) is 2.53. The summed E-state index contributed by atoms with van der Waals surface area (Å²) < 4.78 is 0. The van der Waals surface area contributed by atoms with Crippen LogP contribution in [-0.4, -0.2) is 23.8 Å². The predicted molar refractivity (Wildman–Crippen MR) is 71.9 cm³/mol. The van der Waals surface area contributed by atoms with Crippen LogP contribution >= 0.6 is 0 Å². The lowest BCUT2D eigenvalue weighted by molar-refractivity contribution is 0.0460. The van der Waals surface area contributed by atoms with Crippen molar-refractivity contribution in [3.63, 3.8) is 0 Å². The zero-order chi connectivity index (χ0) is 13.3. The van der Waals surface area contributed by atoms with Gasteiger partial charge in [0.2, 0.25) is 0 Å². The third-order valence-corrected chi connectivity index (χ3v) is 3.61. The van der Waals surface area contributed by atoms with E-state index in [-0.39, 0.29) is 6.03 Å². The Morgan fingerprint density at radius 3 is 2.78 bits per heavy atom. The molecule has 0 bridgehead atoms. The van der Waals surface area contributed by atoms with Crippen LogP contribution in [0.15, 0.2) is 12.1 Å². The van der Waals surface area contributed by atoms with Crippen LogP contribution in [0.4, 0.5) is 10.5 Å². The number of urea groups is 1. The van der Waals surface area contributed by atoms with E-state index in [1.165, 1.54) is 11.1 Å². The highest BCUT2D eigenvalue weighted by Crippen LogP contribution is 2.34. The molecule has 2 amide bonds. The van der Waals surface area contributed by atoms with Gasteiger partial charge in [-0.3, -0.25) is 0 Å². The first-order valence-electron chi connectivity index (χ1n) is 6.25. The molecule has 0 fully saturated rings. The highest BCUT2D eigenvalue weighted by atomic mass is 16.3. The fraction of sp³-hybridized carbons (Fsp3) is 0.500. The van der Waals surface area contributed by atoms with Crippen LogP contribution in [-0.2, 0) is 12.8 Å². The van der Waals surface area contributed by atoms with E-state index in [1.54, 1.807) is 7.05 Å². The second-order valence-electron chi connectivity index (χ2n) is 5.26. The molecule has 1 aromatic rings. The number of anilines is 1. The molecule has 0 saturated carbocycles. The van der Waals surface area contributed by atoms with Gasteiger partial charge in [-0.2, -0.15) is 0 Å². The zero-order valence-corrected chi connectivity index (χ0v) is 11.1. The quantitative estimate of drug-likeness (QED) is 0.711. The Hall–Kier alpha value is -1.55. The van der Waals surface area contributed by atoms with E-state index in [2.05, 4.69) is 17.6 Å². The van der Waals surface area contributed by atoms with E-state index in [9.17, 15) is 9.90 Å². The number of benzene rings is 1. The summed E-state index contributed by atoms with van der Waals surface area (Å²) in [4.78, 5) is 11.4. The summed E-state index contributed by atoms with van der Waals surface area (Å²) in [6, 6.07) is 3.70. The van der Waals surface area contributed by atoms with Gasteiger partial charge in [-0.1, -0.05) is 6.07 Å². The average molecular weight is 248 g/mol. The molecule has 1 aliphatic rings. The van der Waals surface area contributed by atoms with Gasteiger partial charge < -0.3 is 15.7 Å². The standard InChI is InChI=1S/C14H20N2O2/c1-9-4-5-12(16-13(17)15-3)11-8-14(2,18)7-6-10(9)11/h4-5,18H,6-8H2,1-3H3,(H2,15,16,17)/t14-/m1/s1. The SMILES string of the molecule is CNC(=O)Nc1ccc(C)c2c1C[C@](C)(O)CC2. The number of aliphatic hydroxyl groups is 1. The minimum atomic E-state index is -0.681. The van der Waals surface area contributed by atoms with Crippen LogP contribution in [0, 0.1) is 6.92 Å². The van der Waals surface area contributed by atoms with Crippen molar-refractivity contribution in [3.8, 4) is 0 Å². The second kappa shape index (κ2) is 4.61. The predicted octanol–water partition coefficient (Wildman–Crippen LogP) is 1.99. The first-order valence-corrected chi connectivity index (χ1v) is 6.25. The van der Waals surface area contributed by atoms with Crippen molar-refractivity contribution in [1.82, 2.24) is 5.32 Å². The molecule has 0 saturated heterocycles. The van der Waals surface area contributed by atoms with Gasteiger partial charge in [0.15, 0.2) is 0 Å². The lowest BCUT2D eigenvalue weighted by atomic mass is 9.79. The van der Waals surface area contributed by atoms with Crippen LogP contribution in [0.5, 0.6) is 0 Å². The van der Waals surface area contributed by atoms with Crippen molar-refractivity contribution in [3.05, 3.63) is 28.8 Å². The maximum absolute atomic E-state index is 11.4. The van der Waals surface area contributed by atoms with Gasteiger partial charge in [-0.25, -0.2) is 4.79 Å². The topological polar surface area (TPSA) is 61.4 Å². The molecular formula is C14H20N2O2. The Labute approximate surface area is 107 Å². The molecule has 0 unspecified atom stereocenters. The van der Waals surface area contributed by atoms with Crippen molar-refractivity contribution in [2.45, 2.75) is 38.7 Å². The van der Waals surface area contributed by atoms with Crippen molar-refractivity contribution in [2.75, 3.05) is 12.4 Å². The monoisotopic (exact) mass is 248 g/mol. The van der Waals surface area contributed by atoms with Crippen LogP contribution < -0.4 is 10.6 Å². The third kappa shape index (κ3) is 2.48. The maximum atomic E-state index is 11.4. The molecule has 4 heteroatoms. The fourth-order valence-corrected chi connectivity index (χ4v) is 2.53. The maximum Gasteiger partial charge on any atom is 0.318 e. The van der Waals surface area contributed by atoms with E-state index < -0.39 is 5.60 Å². The van der Waals surface area contributed by atoms with E-state index >= 15 is 0 Å². The van der Waals surface area contributed by atoms with Gasteiger partial charge in [0.05, 0.1) is 5.60 Å². The normalized spacial score (nSPS) is 22.2. The summed E-state index contributed by atoms with van der Waals surface area (Å²) in [6.07, 6.45) is 2.21. The highest BCUT2D eigenvalue weighted by Gasteiger charge is 2.29. The van der Waals surface area contributed by atoms with Gasteiger partial charge in [0.1, 0.15) is 0 Å². The Morgan fingerprint density at radius 1 is 1.39 bits per heavy atom. The van der Waals surface area contributed by atoms with E-state index in [0.29, 0.717) is 6.42 Å². The van der Waals surface area contributed by atoms with Crippen molar-refractivity contribution in [2.24, 2.45) is 0 Å². The minimum Gasteiger partial charge on any atom is -0.390 e. The molecule has 18 heavy (non-hydrogen) atoms. The van der Waals surface area contributed by atoms with Crippen LogP contribution in [0.2, 0.25) is 0 Å². The van der Waals surface area contributed by atoms with Crippen molar-refractivity contribution in [1.29, 1.82) is 0 Å². The number of aryl methyl sites for hydroxylation is 1. The molecule has 4 nitrogen and oxygen atoms in total. The number of nitrogens with one attached hydrogen (secondary N) is 2. The number of fused-ring (bicyclic) bond motifs is 1. The first-order chi connectivity index (χ1) is 8.43. The largest absolute Gasteiger partial charge is 0.390 e. The van der Waals surface area contributed by atoms with E-state index in [0.717, 1.165) is 24.1 Å². The Bertz CT molecular complexity index is 481. The molecular weight excluding hydrogens is 228 g/mol. The molecule has 98 valence electrons. The van der Waals surface area contributed by atoms with Gasteiger partial charge in [0, 0.05) is 19.2 Å². The number of hydrogen-bond donors (Lipinski definition) is 3. The number of carbonyl (C=O) groups is 1. The van der Waals surface area contributed by atoms with E-state index in [1.807, 2.05) is 19.1 Å².